The number of ether oxygens (including phenoxy) is 3. The number of carbonyl (C=O) groups excluding carboxylic acids is 2. The van der Waals surface area contributed by atoms with Crippen molar-refractivity contribution in [2.45, 2.75) is 30.9 Å². The van der Waals surface area contributed by atoms with E-state index in [0.29, 0.717) is 24.7 Å². The topological polar surface area (TPSA) is 123 Å². The Morgan fingerprint density at radius 1 is 1.00 bits per heavy atom. The number of anilines is 2. The van der Waals surface area contributed by atoms with Crippen LogP contribution < -0.4 is 19.7 Å². The first kappa shape index (κ1) is 25.5. The molecule has 0 spiro atoms. The summed E-state index contributed by atoms with van der Waals surface area (Å²) in [5.74, 6) is -0.901. The average Bonchev–Trinajstić information content (AvgIpc) is 2.84. The number of nitrogens with zero attached hydrogens (tertiary/aromatic N) is 1. The second-order valence-corrected chi connectivity index (χ2v) is 9.45. The first-order chi connectivity index (χ1) is 16.2. The summed E-state index contributed by atoms with van der Waals surface area (Å²) in [6, 6.07) is 11.8. The highest BCUT2D eigenvalue weighted by molar-refractivity contribution is 7.89. The number of nitrogens with one attached hydrogen (secondary N) is 2. The van der Waals surface area contributed by atoms with Crippen molar-refractivity contribution in [1.29, 1.82) is 0 Å². The van der Waals surface area contributed by atoms with E-state index >= 15 is 0 Å². The molecule has 0 radical (unpaired) electrons. The largest absolute Gasteiger partial charge is 0.497 e. The molecular weight excluding hydrogens is 462 g/mol. The maximum atomic E-state index is 12.5. The molecular formula is C23H29N3O7S. The quantitative estimate of drug-likeness (QED) is 0.509. The Labute approximate surface area is 199 Å². The van der Waals surface area contributed by atoms with Gasteiger partial charge in [0, 0.05) is 24.5 Å². The van der Waals surface area contributed by atoms with Crippen molar-refractivity contribution in [1.82, 2.24) is 4.72 Å². The van der Waals surface area contributed by atoms with Crippen molar-refractivity contribution in [3.63, 3.8) is 0 Å². The van der Waals surface area contributed by atoms with E-state index in [0.717, 1.165) is 18.8 Å². The standard InChI is InChI=1S/C23H29N3O7S/c1-16(25-34(29,30)21-10-8-20(31-3)9-11-21)23(28)33-17(2)22(27)24-18-4-6-19(7-5-18)26-12-14-32-15-13-26/h4-11,16-17,25H,12-15H2,1-3H3,(H,24,27). The number of rotatable bonds is 9. The number of hydrogen-bond acceptors (Lipinski definition) is 8. The van der Waals surface area contributed by atoms with Gasteiger partial charge < -0.3 is 24.4 Å². The minimum atomic E-state index is -3.97. The third kappa shape index (κ3) is 6.69. The van der Waals surface area contributed by atoms with Crippen molar-refractivity contribution in [3.8, 4) is 5.75 Å². The first-order valence-corrected chi connectivity index (χ1v) is 12.3. The molecule has 3 rings (SSSR count). The van der Waals surface area contributed by atoms with E-state index in [2.05, 4.69) is 14.9 Å². The molecule has 2 unspecified atom stereocenters. The van der Waals surface area contributed by atoms with Gasteiger partial charge in [0.15, 0.2) is 6.10 Å². The molecule has 0 bridgehead atoms. The molecule has 0 saturated carbocycles. The van der Waals surface area contributed by atoms with E-state index in [1.807, 2.05) is 12.1 Å². The van der Waals surface area contributed by atoms with E-state index in [1.165, 1.54) is 45.2 Å². The van der Waals surface area contributed by atoms with Gasteiger partial charge in [0.05, 0.1) is 25.2 Å². The van der Waals surface area contributed by atoms with Crippen LogP contribution in [-0.4, -0.2) is 65.9 Å². The van der Waals surface area contributed by atoms with Crippen LogP contribution in [-0.2, 0) is 29.1 Å². The van der Waals surface area contributed by atoms with Gasteiger partial charge in [-0.1, -0.05) is 0 Å². The zero-order chi connectivity index (χ0) is 24.7. The van der Waals surface area contributed by atoms with E-state index in [-0.39, 0.29) is 4.90 Å². The Kier molecular flexibility index (Phi) is 8.48. The van der Waals surface area contributed by atoms with Gasteiger partial charge in [0.25, 0.3) is 5.91 Å². The lowest BCUT2D eigenvalue weighted by molar-refractivity contribution is -0.154. The number of sulfonamides is 1. The van der Waals surface area contributed by atoms with Crippen LogP contribution in [0.25, 0.3) is 0 Å². The third-order valence-corrected chi connectivity index (χ3v) is 6.79. The highest BCUT2D eigenvalue weighted by Gasteiger charge is 2.26. The van der Waals surface area contributed by atoms with Crippen LogP contribution in [0.3, 0.4) is 0 Å². The molecule has 2 N–H and O–H groups in total. The number of amides is 1. The molecule has 1 fully saturated rings. The van der Waals surface area contributed by atoms with Crippen molar-refractivity contribution < 1.29 is 32.2 Å². The Hall–Kier alpha value is -3.15. The summed E-state index contributed by atoms with van der Waals surface area (Å²) in [6.07, 6.45) is -1.13. The van der Waals surface area contributed by atoms with Crippen LogP contribution >= 0.6 is 0 Å². The first-order valence-electron chi connectivity index (χ1n) is 10.8. The lowest BCUT2D eigenvalue weighted by Crippen LogP contribution is -2.42. The van der Waals surface area contributed by atoms with E-state index in [9.17, 15) is 18.0 Å². The van der Waals surface area contributed by atoms with Crippen LogP contribution in [0.15, 0.2) is 53.4 Å². The zero-order valence-corrected chi connectivity index (χ0v) is 20.1. The molecule has 11 heteroatoms. The van der Waals surface area contributed by atoms with Crippen molar-refractivity contribution in [2.24, 2.45) is 0 Å². The monoisotopic (exact) mass is 491 g/mol. The molecule has 1 aliphatic heterocycles. The zero-order valence-electron chi connectivity index (χ0n) is 19.3. The van der Waals surface area contributed by atoms with E-state index in [4.69, 9.17) is 14.2 Å². The molecule has 2 aromatic carbocycles. The molecule has 34 heavy (non-hydrogen) atoms. The van der Waals surface area contributed by atoms with Gasteiger partial charge in [-0.05, 0) is 62.4 Å². The predicted molar refractivity (Wildman–Crippen MR) is 126 cm³/mol. The number of carbonyl (C=O) groups is 2. The average molecular weight is 492 g/mol. The smallest absolute Gasteiger partial charge is 0.324 e. The number of methoxy groups -OCH3 is 1. The van der Waals surface area contributed by atoms with Gasteiger partial charge in [0.2, 0.25) is 10.0 Å². The molecule has 1 heterocycles. The van der Waals surface area contributed by atoms with Gasteiger partial charge in [-0.2, -0.15) is 4.72 Å². The van der Waals surface area contributed by atoms with Crippen LogP contribution in [0, 0.1) is 0 Å². The number of esters is 1. The lowest BCUT2D eigenvalue weighted by atomic mass is 10.2. The van der Waals surface area contributed by atoms with Gasteiger partial charge in [-0.25, -0.2) is 8.42 Å². The van der Waals surface area contributed by atoms with Gasteiger partial charge >= 0.3 is 5.97 Å². The van der Waals surface area contributed by atoms with Crippen LogP contribution in [0.5, 0.6) is 5.75 Å². The highest BCUT2D eigenvalue weighted by atomic mass is 32.2. The van der Waals surface area contributed by atoms with Crippen LogP contribution in [0.4, 0.5) is 11.4 Å². The summed E-state index contributed by atoms with van der Waals surface area (Å²) in [6.45, 7) is 5.72. The number of hydrogen-bond donors (Lipinski definition) is 2. The minimum Gasteiger partial charge on any atom is -0.497 e. The summed E-state index contributed by atoms with van der Waals surface area (Å²) < 4.78 is 42.8. The van der Waals surface area contributed by atoms with E-state index < -0.39 is 34.0 Å². The third-order valence-electron chi connectivity index (χ3n) is 5.23. The Balaban J connectivity index is 1.51. The SMILES string of the molecule is COc1ccc(S(=O)(=O)NC(C)C(=O)OC(C)C(=O)Nc2ccc(N3CCOCC3)cc2)cc1. The van der Waals surface area contributed by atoms with Crippen LogP contribution in [0.1, 0.15) is 13.8 Å². The second-order valence-electron chi connectivity index (χ2n) is 7.73. The Bertz CT molecular complexity index is 1080. The van der Waals surface area contributed by atoms with Crippen molar-refractivity contribution >= 4 is 33.3 Å². The Morgan fingerprint density at radius 2 is 1.62 bits per heavy atom. The lowest BCUT2D eigenvalue weighted by Gasteiger charge is -2.29. The molecule has 1 amide bonds. The molecule has 1 saturated heterocycles. The normalized spacial score (nSPS) is 15.8. The summed E-state index contributed by atoms with van der Waals surface area (Å²) in [5.41, 5.74) is 1.58. The molecule has 2 atom stereocenters. The molecule has 0 aliphatic carbocycles. The highest BCUT2D eigenvalue weighted by Crippen LogP contribution is 2.19. The van der Waals surface area contributed by atoms with E-state index in [1.54, 1.807) is 12.1 Å². The molecule has 184 valence electrons. The minimum absolute atomic E-state index is 0.0285. The summed E-state index contributed by atoms with van der Waals surface area (Å²) in [5, 5.41) is 2.69. The second kappa shape index (κ2) is 11.3. The van der Waals surface area contributed by atoms with Gasteiger partial charge in [-0.15, -0.1) is 0 Å². The molecule has 0 aromatic heterocycles. The fraction of sp³-hybridized carbons (Fsp3) is 0.391. The predicted octanol–water partition coefficient (Wildman–Crippen LogP) is 1.77. The maximum Gasteiger partial charge on any atom is 0.324 e. The van der Waals surface area contributed by atoms with Crippen molar-refractivity contribution in [2.75, 3.05) is 43.6 Å². The van der Waals surface area contributed by atoms with Gasteiger partial charge in [0.1, 0.15) is 11.8 Å². The molecule has 1 aliphatic rings. The number of benzene rings is 2. The number of morpholine rings is 1. The van der Waals surface area contributed by atoms with Crippen LogP contribution in [0.2, 0.25) is 0 Å². The summed E-state index contributed by atoms with van der Waals surface area (Å²) in [7, 11) is -2.50. The molecule has 2 aromatic rings. The van der Waals surface area contributed by atoms with Gasteiger partial charge in [-0.3, -0.25) is 9.59 Å². The van der Waals surface area contributed by atoms with Crippen molar-refractivity contribution in [3.05, 3.63) is 48.5 Å². The molecule has 10 nitrogen and oxygen atoms in total. The maximum absolute atomic E-state index is 12.5. The summed E-state index contributed by atoms with van der Waals surface area (Å²) >= 11 is 0. The fourth-order valence-electron chi connectivity index (χ4n) is 3.25. The fourth-order valence-corrected chi connectivity index (χ4v) is 4.45. The Morgan fingerprint density at radius 3 is 2.21 bits per heavy atom. The summed E-state index contributed by atoms with van der Waals surface area (Å²) in [4.78, 5) is 27.0.